The first kappa shape index (κ1) is 31.3. The number of rotatable bonds is 2. The van der Waals surface area contributed by atoms with Crippen LogP contribution in [0.25, 0.3) is 92.0 Å². The molecule has 56 heavy (non-hydrogen) atoms. The summed E-state index contributed by atoms with van der Waals surface area (Å²) in [5.41, 5.74) is 8.47. The fourth-order valence-corrected chi connectivity index (χ4v) is 9.85. The molecule has 0 atom stereocenters. The summed E-state index contributed by atoms with van der Waals surface area (Å²) < 4.78 is 2.51. The van der Waals surface area contributed by atoms with Gasteiger partial charge in [0.05, 0.1) is 16.7 Å². The maximum absolute atomic E-state index is 5.94. The lowest BCUT2D eigenvalue weighted by atomic mass is 9.91. The van der Waals surface area contributed by atoms with Gasteiger partial charge in [0.25, 0.3) is 0 Å². The Labute approximate surface area is 324 Å². The minimum absolute atomic E-state index is 0.839. The first-order valence-corrected chi connectivity index (χ1v) is 19.7. The Morgan fingerprint density at radius 3 is 1.73 bits per heavy atom. The third kappa shape index (κ3) is 4.41. The summed E-state index contributed by atoms with van der Waals surface area (Å²) >= 11 is 0. The number of allylic oxidation sites excluding steroid dienone is 2. The SMILES string of the molecule is CCC1=C(c2ccc3ccccc3c2)C(n2c3ccc4ccccc4c3c3c4c5ccccc5c5ccccc5c4ccc32)=Nc2c(ccc3ccccc23)C1. The van der Waals surface area contributed by atoms with E-state index in [1.165, 1.54) is 109 Å². The Hall–Kier alpha value is -7.03. The third-order valence-electron chi connectivity index (χ3n) is 12.4. The van der Waals surface area contributed by atoms with Gasteiger partial charge in [-0.2, -0.15) is 0 Å². The molecule has 0 unspecified atom stereocenters. The molecule has 0 bridgehead atoms. The minimum atomic E-state index is 0.839. The molecule has 0 saturated carbocycles. The molecule has 2 heteroatoms. The zero-order chi connectivity index (χ0) is 36.9. The topological polar surface area (TPSA) is 17.3 Å². The van der Waals surface area contributed by atoms with Gasteiger partial charge in [0.1, 0.15) is 5.84 Å². The van der Waals surface area contributed by atoms with Crippen LogP contribution in [0.4, 0.5) is 5.69 Å². The third-order valence-corrected chi connectivity index (χ3v) is 12.4. The van der Waals surface area contributed by atoms with E-state index in [2.05, 4.69) is 187 Å². The van der Waals surface area contributed by atoms with Crippen LogP contribution in [0.3, 0.4) is 0 Å². The zero-order valence-electron chi connectivity index (χ0n) is 31.1. The number of benzene rings is 10. The number of aromatic nitrogens is 1. The van der Waals surface area contributed by atoms with Crippen LogP contribution in [0.1, 0.15) is 24.5 Å². The smallest absolute Gasteiger partial charge is 0.146 e. The quantitative estimate of drug-likeness (QED) is 0.159. The highest BCUT2D eigenvalue weighted by atomic mass is 15.1. The van der Waals surface area contributed by atoms with Gasteiger partial charge < -0.3 is 0 Å². The number of nitrogens with zero attached hydrogens (tertiary/aromatic N) is 2. The van der Waals surface area contributed by atoms with E-state index in [0.29, 0.717) is 0 Å². The fraction of sp³-hybridized carbons (Fsp3) is 0.0556. The zero-order valence-corrected chi connectivity index (χ0v) is 31.1. The standard InChI is InChI=1S/C54H36N2/c1-2-33-31-39-26-24-36-15-6-8-18-41(36)53(39)55-54(49(33)38-25-23-34-13-3-4-16-37(34)32-38)56-47-29-27-35-14-5-7-17-40(35)51(47)52-48(56)30-28-46-44-21-10-9-19-42(44)43-20-11-12-22-45(43)50(46)52/h3-30,32H,2,31H2,1H3. The predicted molar refractivity (Wildman–Crippen MR) is 241 cm³/mol. The van der Waals surface area contributed by atoms with E-state index in [9.17, 15) is 0 Å². The van der Waals surface area contributed by atoms with Crippen LogP contribution in [-0.4, -0.2) is 10.4 Å². The Bertz CT molecular complexity index is 3510. The van der Waals surface area contributed by atoms with Gasteiger partial charge in [-0.05, 0) is 96.0 Å². The Morgan fingerprint density at radius 1 is 0.446 bits per heavy atom. The van der Waals surface area contributed by atoms with Crippen molar-refractivity contribution in [3.8, 4) is 0 Å². The summed E-state index contributed by atoms with van der Waals surface area (Å²) in [6, 6.07) is 65.1. The molecule has 2 heterocycles. The molecule has 0 spiro atoms. The number of fused-ring (bicyclic) bond motifs is 16. The first-order chi connectivity index (χ1) is 27.7. The molecule has 0 radical (unpaired) electrons. The van der Waals surface area contributed by atoms with Crippen molar-refractivity contribution in [1.82, 2.24) is 4.57 Å². The van der Waals surface area contributed by atoms with E-state index < -0.39 is 0 Å². The summed E-state index contributed by atoms with van der Waals surface area (Å²) in [5.74, 6) is 0.979. The van der Waals surface area contributed by atoms with Gasteiger partial charge in [0.15, 0.2) is 0 Å². The molecule has 11 aromatic rings. The van der Waals surface area contributed by atoms with Crippen molar-refractivity contribution < 1.29 is 0 Å². The van der Waals surface area contributed by atoms with Crippen molar-refractivity contribution in [3.63, 3.8) is 0 Å². The molecule has 0 amide bonds. The van der Waals surface area contributed by atoms with Gasteiger partial charge in [0.2, 0.25) is 0 Å². The van der Waals surface area contributed by atoms with E-state index in [-0.39, 0.29) is 0 Å². The van der Waals surface area contributed by atoms with Crippen molar-refractivity contribution >= 4 is 104 Å². The molecule has 0 saturated heterocycles. The Morgan fingerprint density at radius 2 is 0.982 bits per heavy atom. The highest BCUT2D eigenvalue weighted by Crippen LogP contribution is 2.47. The van der Waals surface area contributed by atoms with Gasteiger partial charge in [-0.15, -0.1) is 0 Å². The molecule has 0 N–H and O–H groups in total. The van der Waals surface area contributed by atoms with Crippen molar-refractivity contribution in [2.45, 2.75) is 19.8 Å². The van der Waals surface area contributed by atoms with E-state index in [1.54, 1.807) is 0 Å². The largest absolute Gasteiger partial charge is 0.293 e. The average Bonchev–Trinajstić information content (AvgIpc) is 3.50. The molecule has 262 valence electrons. The van der Waals surface area contributed by atoms with Gasteiger partial charge in [-0.25, -0.2) is 4.99 Å². The molecule has 1 aromatic heterocycles. The molecule has 10 aromatic carbocycles. The van der Waals surface area contributed by atoms with Crippen LogP contribution in [-0.2, 0) is 6.42 Å². The second-order valence-electron chi connectivity index (χ2n) is 15.3. The average molecular weight is 713 g/mol. The molecule has 1 aliphatic heterocycles. The molecule has 1 aliphatic rings. The minimum Gasteiger partial charge on any atom is -0.293 e. The molecule has 0 fully saturated rings. The fourth-order valence-electron chi connectivity index (χ4n) is 9.85. The second-order valence-corrected chi connectivity index (χ2v) is 15.3. The summed E-state index contributed by atoms with van der Waals surface area (Å²) in [7, 11) is 0. The van der Waals surface area contributed by atoms with Crippen LogP contribution in [0.5, 0.6) is 0 Å². The van der Waals surface area contributed by atoms with Gasteiger partial charge in [-0.1, -0.05) is 170 Å². The van der Waals surface area contributed by atoms with E-state index >= 15 is 0 Å². The predicted octanol–water partition coefficient (Wildman–Crippen LogP) is 14.7. The van der Waals surface area contributed by atoms with E-state index in [4.69, 9.17) is 4.99 Å². The summed E-state index contributed by atoms with van der Waals surface area (Å²) in [6.45, 7) is 2.31. The number of aliphatic imine (C=N–C) groups is 1. The van der Waals surface area contributed by atoms with Crippen LogP contribution in [0, 0.1) is 0 Å². The highest BCUT2D eigenvalue weighted by Gasteiger charge is 2.28. The van der Waals surface area contributed by atoms with Crippen molar-refractivity contribution in [2.24, 2.45) is 4.99 Å². The lowest BCUT2D eigenvalue weighted by Gasteiger charge is -2.19. The van der Waals surface area contributed by atoms with Crippen LogP contribution < -0.4 is 0 Å². The van der Waals surface area contributed by atoms with E-state index in [0.717, 1.165) is 24.4 Å². The molecular formula is C54H36N2. The van der Waals surface area contributed by atoms with Crippen LogP contribution in [0.15, 0.2) is 186 Å². The van der Waals surface area contributed by atoms with Crippen LogP contribution >= 0.6 is 0 Å². The Balaban J connectivity index is 1.31. The summed E-state index contributed by atoms with van der Waals surface area (Å²) in [5, 5.41) is 17.6. The number of hydrogen-bond donors (Lipinski definition) is 0. The van der Waals surface area contributed by atoms with Gasteiger partial charge >= 0.3 is 0 Å². The lowest BCUT2D eigenvalue weighted by Crippen LogP contribution is -2.15. The molecule has 12 rings (SSSR count). The van der Waals surface area contributed by atoms with Crippen molar-refractivity contribution in [1.29, 1.82) is 0 Å². The maximum Gasteiger partial charge on any atom is 0.146 e. The highest BCUT2D eigenvalue weighted by molar-refractivity contribution is 6.41. The molecule has 0 aliphatic carbocycles. The number of hydrogen-bond acceptors (Lipinski definition) is 1. The van der Waals surface area contributed by atoms with Gasteiger partial charge in [-0.3, -0.25) is 4.57 Å². The van der Waals surface area contributed by atoms with Crippen molar-refractivity contribution in [2.75, 3.05) is 0 Å². The second kappa shape index (κ2) is 12.0. The first-order valence-electron chi connectivity index (χ1n) is 19.7. The molecular weight excluding hydrogens is 677 g/mol. The molecule has 2 nitrogen and oxygen atoms in total. The maximum atomic E-state index is 5.94. The Kier molecular flexibility index (Phi) is 6.71. The van der Waals surface area contributed by atoms with Crippen molar-refractivity contribution in [3.05, 3.63) is 193 Å². The van der Waals surface area contributed by atoms with E-state index in [1.807, 2.05) is 0 Å². The normalized spacial score (nSPS) is 13.5. The summed E-state index contributed by atoms with van der Waals surface area (Å²) in [4.78, 5) is 5.94. The summed E-state index contributed by atoms with van der Waals surface area (Å²) in [6.07, 6.45) is 1.75. The lowest BCUT2D eigenvalue weighted by molar-refractivity contribution is 1.02. The van der Waals surface area contributed by atoms with Crippen LogP contribution in [0.2, 0.25) is 0 Å². The monoisotopic (exact) mass is 712 g/mol. The van der Waals surface area contributed by atoms with Gasteiger partial charge in [0, 0.05) is 27.1 Å².